The molecule has 21 heavy (non-hydrogen) atoms. The van der Waals surface area contributed by atoms with E-state index in [0.717, 1.165) is 0 Å². The minimum Gasteiger partial charge on any atom is -0.368 e. The maximum atomic E-state index is 12.4. The van der Waals surface area contributed by atoms with Crippen molar-refractivity contribution in [2.75, 3.05) is 0 Å². The number of barbiturate groups is 1. The van der Waals surface area contributed by atoms with Crippen LogP contribution >= 0.6 is 15.9 Å². The molecular weight excluding hydrogens is 342 g/mol. The molecule has 1 saturated heterocycles. The number of nitrogens with zero attached hydrogens (tertiary/aromatic N) is 1. The first-order chi connectivity index (χ1) is 9.82. The Morgan fingerprint density at radius 3 is 2.62 bits per heavy atom. The lowest BCUT2D eigenvalue weighted by molar-refractivity contribution is -0.143. The third-order valence-electron chi connectivity index (χ3n) is 3.18. The van der Waals surface area contributed by atoms with E-state index in [0.29, 0.717) is 14.9 Å². The van der Waals surface area contributed by atoms with Crippen molar-refractivity contribution in [3.8, 4) is 0 Å². The maximum Gasteiger partial charge on any atom is 0.331 e. The van der Waals surface area contributed by atoms with E-state index in [1.165, 1.54) is 6.92 Å². The van der Waals surface area contributed by atoms with Crippen molar-refractivity contribution >= 4 is 39.7 Å². The molecule has 2 rings (SSSR count). The van der Waals surface area contributed by atoms with Crippen LogP contribution in [0.2, 0.25) is 0 Å². The summed E-state index contributed by atoms with van der Waals surface area (Å²) in [5.74, 6) is -3.52. The Hall–Kier alpha value is -2.22. The van der Waals surface area contributed by atoms with Gasteiger partial charge in [0.25, 0.3) is 0 Å². The molecular formula is C13H12BrN3O4. The van der Waals surface area contributed by atoms with Crippen molar-refractivity contribution in [2.24, 2.45) is 5.73 Å². The molecule has 0 spiro atoms. The first-order valence-corrected chi connectivity index (χ1v) is 6.85. The predicted octanol–water partition coefficient (Wildman–Crippen LogP) is 0.485. The lowest BCUT2D eigenvalue weighted by Crippen LogP contribution is -2.61. The highest BCUT2D eigenvalue weighted by Crippen LogP contribution is 2.26. The van der Waals surface area contributed by atoms with Crippen LogP contribution in [0.5, 0.6) is 0 Å². The lowest BCUT2D eigenvalue weighted by atomic mass is 9.94. The number of urea groups is 1. The van der Waals surface area contributed by atoms with E-state index < -0.39 is 35.7 Å². The normalized spacial score (nSPS) is 20.2. The third-order valence-corrected chi connectivity index (χ3v) is 3.67. The number of hydrogen-bond donors (Lipinski definition) is 2. The van der Waals surface area contributed by atoms with Crippen LogP contribution < -0.4 is 11.1 Å². The number of amides is 5. The van der Waals surface area contributed by atoms with Gasteiger partial charge in [0.1, 0.15) is 12.0 Å². The first-order valence-electron chi connectivity index (χ1n) is 6.05. The molecule has 110 valence electrons. The Bertz CT molecular complexity index is 646. The molecule has 7 nitrogen and oxygen atoms in total. The summed E-state index contributed by atoms with van der Waals surface area (Å²) in [6.45, 7) is 1.33. The smallest absolute Gasteiger partial charge is 0.331 e. The molecule has 1 aliphatic heterocycles. The van der Waals surface area contributed by atoms with E-state index in [1.54, 1.807) is 24.3 Å². The van der Waals surface area contributed by atoms with E-state index >= 15 is 0 Å². The number of imide groups is 2. The van der Waals surface area contributed by atoms with Crippen molar-refractivity contribution in [3.63, 3.8) is 0 Å². The molecule has 8 heteroatoms. The van der Waals surface area contributed by atoms with E-state index in [4.69, 9.17) is 5.73 Å². The Kier molecular flexibility index (Phi) is 4.08. The van der Waals surface area contributed by atoms with Gasteiger partial charge in [0.2, 0.25) is 17.7 Å². The summed E-state index contributed by atoms with van der Waals surface area (Å²) >= 11 is 3.25. The zero-order chi connectivity index (χ0) is 15.7. The number of primary amides is 1. The number of rotatable bonds is 3. The Labute approximate surface area is 128 Å². The zero-order valence-corrected chi connectivity index (χ0v) is 12.6. The van der Waals surface area contributed by atoms with Crippen molar-refractivity contribution in [1.29, 1.82) is 0 Å². The van der Waals surface area contributed by atoms with Gasteiger partial charge in [-0.2, -0.15) is 0 Å². The van der Waals surface area contributed by atoms with E-state index in [1.807, 2.05) is 0 Å². The van der Waals surface area contributed by atoms with E-state index in [-0.39, 0.29) is 0 Å². The molecule has 1 heterocycles. The highest BCUT2D eigenvalue weighted by Gasteiger charge is 2.44. The number of halogens is 1. The van der Waals surface area contributed by atoms with Gasteiger partial charge in [-0.25, -0.2) is 4.79 Å². The van der Waals surface area contributed by atoms with Crippen molar-refractivity contribution in [2.45, 2.75) is 18.9 Å². The van der Waals surface area contributed by atoms with Gasteiger partial charge in [-0.05, 0) is 24.6 Å². The minimum absolute atomic E-state index is 0.418. The van der Waals surface area contributed by atoms with E-state index in [2.05, 4.69) is 21.2 Å². The summed E-state index contributed by atoms with van der Waals surface area (Å²) in [6, 6.07) is 4.52. The van der Waals surface area contributed by atoms with Gasteiger partial charge in [-0.3, -0.25) is 24.6 Å². The molecule has 0 saturated carbocycles. The third kappa shape index (κ3) is 2.80. The number of carbonyl (C=O) groups is 4. The molecule has 1 fully saturated rings. The second-order valence-electron chi connectivity index (χ2n) is 4.57. The average molecular weight is 354 g/mol. The van der Waals surface area contributed by atoms with Gasteiger partial charge in [0, 0.05) is 4.47 Å². The number of nitrogens with one attached hydrogen (secondary N) is 1. The SMILES string of the molecule is CC(C(N)=O)N1C(=O)NC(=O)C(c2cccc(Br)c2)C1=O. The fourth-order valence-electron chi connectivity index (χ4n) is 2.06. The topological polar surface area (TPSA) is 110 Å². The summed E-state index contributed by atoms with van der Waals surface area (Å²) in [5.41, 5.74) is 5.55. The molecule has 0 aromatic heterocycles. The highest BCUT2D eigenvalue weighted by molar-refractivity contribution is 9.10. The highest BCUT2D eigenvalue weighted by atomic mass is 79.9. The van der Waals surface area contributed by atoms with Gasteiger partial charge in [0.15, 0.2) is 0 Å². The summed E-state index contributed by atoms with van der Waals surface area (Å²) < 4.78 is 0.687. The largest absolute Gasteiger partial charge is 0.368 e. The second-order valence-corrected chi connectivity index (χ2v) is 5.48. The van der Waals surface area contributed by atoms with Crippen LogP contribution in [0.3, 0.4) is 0 Å². The molecule has 1 aromatic rings. The monoisotopic (exact) mass is 353 g/mol. The lowest BCUT2D eigenvalue weighted by Gasteiger charge is -2.33. The first kappa shape index (κ1) is 15.2. The van der Waals surface area contributed by atoms with Crippen LogP contribution in [-0.4, -0.2) is 34.7 Å². The molecule has 2 unspecified atom stereocenters. The van der Waals surface area contributed by atoms with Crippen molar-refractivity contribution in [3.05, 3.63) is 34.3 Å². The van der Waals surface area contributed by atoms with Crippen molar-refractivity contribution < 1.29 is 19.2 Å². The number of benzene rings is 1. The molecule has 0 aliphatic carbocycles. The summed E-state index contributed by atoms with van der Waals surface area (Å²) in [7, 11) is 0. The summed E-state index contributed by atoms with van der Waals surface area (Å²) in [5, 5.41) is 2.07. The van der Waals surface area contributed by atoms with Gasteiger partial charge in [-0.15, -0.1) is 0 Å². The number of nitrogens with two attached hydrogens (primary N) is 1. The molecule has 5 amide bonds. The van der Waals surface area contributed by atoms with Gasteiger partial charge >= 0.3 is 6.03 Å². The summed E-state index contributed by atoms with van der Waals surface area (Å²) in [4.78, 5) is 48.0. The molecule has 0 radical (unpaired) electrons. The maximum absolute atomic E-state index is 12.4. The minimum atomic E-state index is -1.19. The number of carbonyl (C=O) groups excluding carboxylic acids is 4. The van der Waals surface area contributed by atoms with Crippen LogP contribution in [0.25, 0.3) is 0 Å². The molecule has 2 atom stereocenters. The zero-order valence-electron chi connectivity index (χ0n) is 11.0. The average Bonchev–Trinajstić information content (AvgIpc) is 2.37. The summed E-state index contributed by atoms with van der Waals surface area (Å²) in [6.07, 6.45) is 0. The van der Waals surface area contributed by atoms with Gasteiger partial charge in [0.05, 0.1) is 0 Å². The number of hydrogen-bond acceptors (Lipinski definition) is 4. The van der Waals surface area contributed by atoms with Crippen molar-refractivity contribution in [1.82, 2.24) is 10.2 Å². The van der Waals surface area contributed by atoms with Crippen LogP contribution in [0.1, 0.15) is 18.4 Å². The fourth-order valence-corrected chi connectivity index (χ4v) is 2.48. The van der Waals surface area contributed by atoms with Gasteiger partial charge < -0.3 is 5.73 Å². The standard InChI is InChI=1S/C13H12BrN3O4/c1-6(10(15)18)17-12(20)9(11(19)16-13(17)21)7-3-2-4-8(14)5-7/h2-6,9H,1H3,(H2,15,18)(H,16,19,21). The second kappa shape index (κ2) is 5.65. The Morgan fingerprint density at radius 1 is 1.38 bits per heavy atom. The quantitative estimate of drug-likeness (QED) is 0.770. The molecule has 1 aliphatic rings. The van der Waals surface area contributed by atoms with Crippen LogP contribution in [0.4, 0.5) is 4.79 Å². The Morgan fingerprint density at radius 2 is 2.05 bits per heavy atom. The fraction of sp³-hybridized carbons (Fsp3) is 0.231. The van der Waals surface area contributed by atoms with E-state index in [9.17, 15) is 19.2 Å². The van der Waals surface area contributed by atoms with Gasteiger partial charge in [-0.1, -0.05) is 28.1 Å². The molecule has 3 N–H and O–H groups in total. The Balaban J connectivity index is 2.42. The molecule has 0 bridgehead atoms. The predicted molar refractivity (Wildman–Crippen MR) is 75.9 cm³/mol. The van der Waals surface area contributed by atoms with Crippen LogP contribution in [0.15, 0.2) is 28.7 Å². The molecule has 1 aromatic carbocycles. The van der Waals surface area contributed by atoms with Crippen LogP contribution in [0, 0.1) is 0 Å². The van der Waals surface area contributed by atoms with Crippen LogP contribution in [-0.2, 0) is 14.4 Å².